The lowest BCUT2D eigenvalue weighted by molar-refractivity contribution is 0.208. The summed E-state index contributed by atoms with van der Waals surface area (Å²) in [5.41, 5.74) is 3.52. The Labute approximate surface area is 97.6 Å². The van der Waals surface area contributed by atoms with Gasteiger partial charge in [0.15, 0.2) is 0 Å². The summed E-state index contributed by atoms with van der Waals surface area (Å²) in [6, 6.07) is 7.76. The lowest BCUT2D eigenvalue weighted by atomic mass is 10.2. The molecule has 1 aromatic carbocycles. The monoisotopic (exact) mass is 271 g/mol. The topological polar surface area (TPSA) is 59.6 Å². The molecule has 0 aliphatic rings. The van der Waals surface area contributed by atoms with Crippen molar-refractivity contribution in [1.82, 2.24) is 5.43 Å². The fourth-order valence-electron chi connectivity index (χ4n) is 1.11. The number of hydrazine groups is 1. The van der Waals surface area contributed by atoms with Gasteiger partial charge in [-0.05, 0) is 6.07 Å². The minimum Gasteiger partial charge on any atom is -0.383 e. The number of aliphatic imine (C=N–C) groups is 1. The van der Waals surface area contributed by atoms with Gasteiger partial charge in [0.2, 0.25) is 0 Å². The van der Waals surface area contributed by atoms with Crippen molar-refractivity contribution in [2.24, 2.45) is 10.8 Å². The van der Waals surface area contributed by atoms with E-state index in [1.807, 2.05) is 24.3 Å². The average molecular weight is 272 g/mol. The molecule has 0 radical (unpaired) electrons. The zero-order valence-corrected chi connectivity index (χ0v) is 10.1. The maximum atomic E-state index is 5.41. The summed E-state index contributed by atoms with van der Waals surface area (Å²) in [5.74, 6) is 6.07. The van der Waals surface area contributed by atoms with Crippen LogP contribution in [-0.4, -0.2) is 26.1 Å². The molecule has 0 fully saturated rings. The number of ether oxygens (including phenoxy) is 1. The molecule has 4 nitrogen and oxygen atoms in total. The highest BCUT2D eigenvalue weighted by molar-refractivity contribution is 9.10. The summed E-state index contributed by atoms with van der Waals surface area (Å²) in [5, 5.41) is 0. The molecule has 0 saturated heterocycles. The minimum atomic E-state index is 0.579. The predicted molar refractivity (Wildman–Crippen MR) is 64.7 cm³/mol. The SMILES string of the molecule is COCCN=C(NN)c1ccccc1Br. The zero-order valence-electron chi connectivity index (χ0n) is 8.53. The van der Waals surface area contributed by atoms with E-state index in [0.717, 1.165) is 10.0 Å². The number of rotatable bonds is 4. The van der Waals surface area contributed by atoms with Gasteiger partial charge in [0.1, 0.15) is 5.84 Å². The highest BCUT2D eigenvalue weighted by Gasteiger charge is 2.04. The lowest BCUT2D eigenvalue weighted by Gasteiger charge is -2.07. The van der Waals surface area contributed by atoms with Gasteiger partial charge in [-0.15, -0.1) is 0 Å². The smallest absolute Gasteiger partial charge is 0.143 e. The molecule has 0 heterocycles. The van der Waals surface area contributed by atoms with Crippen LogP contribution in [0.25, 0.3) is 0 Å². The highest BCUT2D eigenvalue weighted by Crippen LogP contribution is 2.15. The number of nitrogens with one attached hydrogen (secondary N) is 1. The van der Waals surface area contributed by atoms with E-state index in [4.69, 9.17) is 10.6 Å². The molecule has 0 saturated carbocycles. The Bertz CT molecular complexity index is 341. The second kappa shape index (κ2) is 6.55. The highest BCUT2D eigenvalue weighted by atomic mass is 79.9. The standard InChI is InChI=1S/C10H14BrN3O/c1-15-7-6-13-10(14-12)8-4-2-3-5-9(8)11/h2-5H,6-7,12H2,1H3,(H,13,14). The van der Waals surface area contributed by atoms with Gasteiger partial charge in [0.25, 0.3) is 0 Å². The molecule has 0 spiro atoms. The Morgan fingerprint density at radius 2 is 2.27 bits per heavy atom. The van der Waals surface area contributed by atoms with Crippen molar-refractivity contribution in [3.05, 3.63) is 34.3 Å². The third kappa shape index (κ3) is 3.62. The van der Waals surface area contributed by atoms with E-state index < -0.39 is 0 Å². The van der Waals surface area contributed by atoms with Crippen LogP contribution in [0.5, 0.6) is 0 Å². The van der Waals surface area contributed by atoms with Gasteiger partial charge in [-0.2, -0.15) is 0 Å². The average Bonchev–Trinajstić information content (AvgIpc) is 2.26. The molecule has 5 heteroatoms. The molecule has 0 aliphatic carbocycles. The predicted octanol–water partition coefficient (Wildman–Crippen LogP) is 1.31. The molecule has 0 aromatic heterocycles. The number of hydrogen-bond acceptors (Lipinski definition) is 3. The number of hydrogen-bond donors (Lipinski definition) is 2. The molecule has 1 aromatic rings. The molecular weight excluding hydrogens is 258 g/mol. The second-order valence-corrected chi connectivity index (χ2v) is 3.70. The third-order valence-corrected chi connectivity index (χ3v) is 2.52. The van der Waals surface area contributed by atoms with Gasteiger partial charge in [-0.1, -0.05) is 34.1 Å². The Balaban J connectivity index is 2.83. The van der Waals surface area contributed by atoms with Crippen molar-refractivity contribution < 1.29 is 4.74 Å². The summed E-state index contributed by atoms with van der Waals surface area (Å²) in [4.78, 5) is 4.29. The fraction of sp³-hybridized carbons (Fsp3) is 0.300. The molecule has 0 unspecified atom stereocenters. The quantitative estimate of drug-likeness (QED) is 0.285. The second-order valence-electron chi connectivity index (χ2n) is 2.85. The lowest BCUT2D eigenvalue weighted by Crippen LogP contribution is -2.31. The number of amidine groups is 1. The van der Waals surface area contributed by atoms with Crippen LogP contribution >= 0.6 is 15.9 Å². The number of nitrogens with two attached hydrogens (primary N) is 1. The van der Waals surface area contributed by atoms with Crippen molar-refractivity contribution in [2.45, 2.75) is 0 Å². The van der Waals surface area contributed by atoms with E-state index in [-0.39, 0.29) is 0 Å². The summed E-state index contributed by atoms with van der Waals surface area (Å²) < 4.78 is 5.87. The van der Waals surface area contributed by atoms with Crippen LogP contribution in [0.4, 0.5) is 0 Å². The van der Waals surface area contributed by atoms with Gasteiger partial charge in [0.05, 0.1) is 13.2 Å². The van der Waals surface area contributed by atoms with E-state index in [1.54, 1.807) is 7.11 Å². The summed E-state index contributed by atoms with van der Waals surface area (Å²) in [7, 11) is 1.64. The Morgan fingerprint density at radius 1 is 1.53 bits per heavy atom. The number of nitrogens with zero attached hydrogens (tertiary/aromatic N) is 1. The van der Waals surface area contributed by atoms with Crippen molar-refractivity contribution in [2.75, 3.05) is 20.3 Å². The van der Waals surface area contributed by atoms with Gasteiger partial charge < -0.3 is 10.2 Å². The first-order valence-electron chi connectivity index (χ1n) is 4.54. The van der Waals surface area contributed by atoms with Crippen LogP contribution in [0.1, 0.15) is 5.56 Å². The van der Waals surface area contributed by atoms with Crippen LogP contribution in [0, 0.1) is 0 Å². The zero-order chi connectivity index (χ0) is 11.1. The molecule has 3 N–H and O–H groups in total. The Morgan fingerprint density at radius 3 is 2.87 bits per heavy atom. The first kappa shape index (κ1) is 12.2. The Kier molecular flexibility index (Phi) is 5.31. The van der Waals surface area contributed by atoms with Gasteiger partial charge >= 0.3 is 0 Å². The van der Waals surface area contributed by atoms with E-state index in [9.17, 15) is 0 Å². The molecule has 0 bridgehead atoms. The van der Waals surface area contributed by atoms with Crippen molar-refractivity contribution in [3.8, 4) is 0 Å². The normalized spacial score (nSPS) is 11.5. The van der Waals surface area contributed by atoms with Crippen LogP contribution in [0.15, 0.2) is 33.7 Å². The summed E-state index contributed by atoms with van der Waals surface area (Å²) >= 11 is 3.44. The van der Waals surface area contributed by atoms with Crippen molar-refractivity contribution >= 4 is 21.8 Å². The number of benzene rings is 1. The minimum absolute atomic E-state index is 0.579. The van der Waals surface area contributed by atoms with E-state index in [0.29, 0.717) is 19.0 Å². The molecule has 15 heavy (non-hydrogen) atoms. The number of methoxy groups -OCH3 is 1. The molecule has 0 amide bonds. The van der Waals surface area contributed by atoms with Gasteiger partial charge in [-0.3, -0.25) is 4.99 Å². The largest absolute Gasteiger partial charge is 0.383 e. The van der Waals surface area contributed by atoms with Crippen molar-refractivity contribution in [1.29, 1.82) is 0 Å². The molecular formula is C10H14BrN3O. The van der Waals surface area contributed by atoms with Crippen LogP contribution in [-0.2, 0) is 4.74 Å². The molecule has 82 valence electrons. The summed E-state index contributed by atoms with van der Waals surface area (Å²) in [6.45, 7) is 1.16. The van der Waals surface area contributed by atoms with E-state index >= 15 is 0 Å². The van der Waals surface area contributed by atoms with Crippen LogP contribution in [0.2, 0.25) is 0 Å². The van der Waals surface area contributed by atoms with Gasteiger partial charge in [-0.25, -0.2) is 5.84 Å². The van der Waals surface area contributed by atoms with E-state index in [1.165, 1.54) is 0 Å². The number of halogens is 1. The first-order valence-corrected chi connectivity index (χ1v) is 5.33. The first-order chi connectivity index (χ1) is 7.29. The molecule has 1 rings (SSSR count). The van der Waals surface area contributed by atoms with E-state index in [2.05, 4.69) is 26.3 Å². The maximum absolute atomic E-state index is 5.41. The third-order valence-electron chi connectivity index (χ3n) is 1.83. The summed E-state index contributed by atoms with van der Waals surface area (Å²) in [6.07, 6.45) is 0. The van der Waals surface area contributed by atoms with Crippen LogP contribution < -0.4 is 11.3 Å². The maximum Gasteiger partial charge on any atom is 0.143 e. The van der Waals surface area contributed by atoms with Crippen molar-refractivity contribution in [3.63, 3.8) is 0 Å². The Hall–Kier alpha value is -0.910. The fourth-order valence-corrected chi connectivity index (χ4v) is 1.58. The van der Waals surface area contributed by atoms with Gasteiger partial charge in [0, 0.05) is 17.1 Å². The molecule has 0 aliphatic heterocycles. The van der Waals surface area contributed by atoms with Crippen LogP contribution in [0.3, 0.4) is 0 Å². The molecule has 0 atom stereocenters.